The number of esters is 1. The quantitative estimate of drug-likeness (QED) is 0.285. The second-order valence-corrected chi connectivity index (χ2v) is 13.8. The number of hydrogen-bond acceptors (Lipinski definition) is 13. The largest absolute Gasteiger partial charge is 0.507 e. The zero-order valence-corrected chi connectivity index (χ0v) is 31.0. The summed E-state index contributed by atoms with van der Waals surface area (Å²) >= 11 is 0. The number of ketones is 3. The maximum Gasteiger partial charge on any atom is 0.312 e. The highest BCUT2D eigenvalue weighted by molar-refractivity contribution is 6.32. The third kappa shape index (κ3) is 7.14. The average Bonchev–Trinajstić information content (AvgIpc) is 3.36. The molecule has 1 aliphatic carbocycles. The van der Waals surface area contributed by atoms with Crippen molar-refractivity contribution in [3.8, 4) is 11.5 Å². The lowest BCUT2D eigenvalue weighted by Crippen LogP contribution is -2.46. The number of ether oxygens (including phenoxy) is 4. The van der Waals surface area contributed by atoms with Crippen molar-refractivity contribution in [1.29, 1.82) is 0 Å². The van der Waals surface area contributed by atoms with Crippen LogP contribution in [-0.4, -0.2) is 88.9 Å². The Morgan fingerprint density at radius 2 is 1.60 bits per heavy atom. The van der Waals surface area contributed by atoms with Crippen LogP contribution in [-0.2, 0) is 23.8 Å². The van der Waals surface area contributed by atoms with E-state index in [-0.39, 0.29) is 28.1 Å². The van der Waals surface area contributed by atoms with Crippen molar-refractivity contribution < 1.29 is 58.2 Å². The molecule has 0 saturated heterocycles. The molecule has 282 valence electrons. The third-order valence-electron chi connectivity index (χ3n) is 10.2. The summed E-state index contributed by atoms with van der Waals surface area (Å²) in [6.07, 6.45) is 3.38. The highest BCUT2D eigenvalue weighted by atomic mass is 16.7. The van der Waals surface area contributed by atoms with Crippen LogP contribution in [0.2, 0.25) is 0 Å². The van der Waals surface area contributed by atoms with Crippen molar-refractivity contribution in [1.82, 2.24) is 10.6 Å². The summed E-state index contributed by atoms with van der Waals surface area (Å²) in [6, 6.07) is 0. The van der Waals surface area contributed by atoms with Gasteiger partial charge in [-0.05, 0) is 19.9 Å². The van der Waals surface area contributed by atoms with E-state index in [0.717, 1.165) is 6.26 Å². The lowest BCUT2D eigenvalue weighted by atomic mass is 9.78. The highest BCUT2D eigenvalue weighted by Crippen LogP contribution is 2.48. The van der Waals surface area contributed by atoms with E-state index in [1.54, 1.807) is 39.8 Å². The van der Waals surface area contributed by atoms with E-state index in [0.29, 0.717) is 0 Å². The molecule has 14 nitrogen and oxygen atoms in total. The predicted molar refractivity (Wildman–Crippen MR) is 187 cm³/mol. The first-order chi connectivity index (χ1) is 24.3. The number of phenolic OH excluding ortho intramolecular Hbond substituents is 1. The van der Waals surface area contributed by atoms with Gasteiger partial charge in [0.15, 0.2) is 0 Å². The summed E-state index contributed by atoms with van der Waals surface area (Å²) in [5, 5.41) is 39.0. The normalized spacial score (nSPS) is 31.5. The average molecular weight is 725 g/mol. The number of nitrogens with one attached hydrogen (secondary N) is 2. The molecule has 0 spiro atoms. The molecule has 5 N–H and O–H groups in total. The van der Waals surface area contributed by atoms with Crippen LogP contribution in [0.4, 0.5) is 0 Å². The number of rotatable bonds is 3. The molecular formula is C38H48N2O12. The van der Waals surface area contributed by atoms with Gasteiger partial charge in [-0.3, -0.25) is 24.0 Å². The zero-order chi connectivity index (χ0) is 39.0. The number of aliphatic hydroxyl groups excluding tert-OH is 2. The molecule has 0 unspecified atom stereocenters. The minimum atomic E-state index is -2.06. The van der Waals surface area contributed by atoms with Crippen LogP contribution < -0.4 is 15.4 Å². The van der Waals surface area contributed by atoms with Crippen molar-refractivity contribution >= 4 is 29.2 Å². The molecule has 4 aliphatic rings. The van der Waals surface area contributed by atoms with E-state index in [1.165, 1.54) is 54.0 Å². The number of allylic oxidation sites excluding steroid dienone is 4. The van der Waals surface area contributed by atoms with Crippen LogP contribution in [0.5, 0.6) is 11.5 Å². The van der Waals surface area contributed by atoms with Gasteiger partial charge in [-0.2, -0.15) is 0 Å². The summed E-state index contributed by atoms with van der Waals surface area (Å²) in [5.41, 5.74) is -1.75. The SMILES string of the molecule is CNC1=C2NC(=O)C(C)=CC=C[C@H](C)[C@H](O)[C@H](C)[C@H](O)[C@H](C)[C@H](OC(C)=O)[C@@H](C)[C@H](OC)C=CO[C@@]3(C)Oc4c(C)c(O)c(c(c4C3=O)C1=O)C2=O. The van der Waals surface area contributed by atoms with E-state index in [4.69, 9.17) is 18.9 Å². The van der Waals surface area contributed by atoms with Gasteiger partial charge in [-0.15, -0.1) is 0 Å². The first kappa shape index (κ1) is 40.0. The van der Waals surface area contributed by atoms with Gasteiger partial charge in [0.2, 0.25) is 11.6 Å². The van der Waals surface area contributed by atoms with E-state index >= 15 is 0 Å². The van der Waals surface area contributed by atoms with Gasteiger partial charge < -0.3 is 44.9 Å². The van der Waals surface area contributed by atoms with Crippen LogP contribution in [0.25, 0.3) is 0 Å². The fourth-order valence-corrected chi connectivity index (χ4v) is 6.93. The van der Waals surface area contributed by atoms with Crippen LogP contribution >= 0.6 is 0 Å². The molecule has 0 aromatic heterocycles. The van der Waals surface area contributed by atoms with E-state index in [2.05, 4.69) is 10.6 Å². The predicted octanol–water partition coefficient (Wildman–Crippen LogP) is 3.18. The van der Waals surface area contributed by atoms with Crippen LogP contribution in [0.3, 0.4) is 0 Å². The first-order valence-corrected chi connectivity index (χ1v) is 17.0. The lowest BCUT2D eigenvalue weighted by Gasteiger charge is -2.38. The number of Topliss-reactive ketones (excluding diaryl/α,β-unsaturated/α-hetero) is 3. The lowest BCUT2D eigenvalue weighted by molar-refractivity contribution is -0.160. The Hall–Kier alpha value is -4.79. The van der Waals surface area contributed by atoms with Crippen molar-refractivity contribution in [3.05, 3.63) is 69.8 Å². The van der Waals surface area contributed by atoms with E-state index < -0.39 is 106 Å². The summed E-state index contributed by atoms with van der Waals surface area (Å²) in [5.74, 6) is -9.19. The fourth-order valence-electron chi connectivity index (χ4n) is 6.93. The summed E-state index contributed by atoms with van der Waals surface area (Å²) in [6.45, 7) is 12.3. The van der Waals surface area contributed by atoms with Gasteiger partial charge >= 0.3 is 11.8 Å². The molecule has 1 amide bonds. The molecule has 5 rings (SSSR count). The van der Waals surface area contributed by atoms with Gasteiger partial charge in [-0.1, -0.05) is 45.9 Å². The number of carbonyl (C=O) groups excluding carboxylic acids is 5. The molecule has 1 aromatic carbocycles. The molecule has 0 saturated carbocycles. The number of amides is 1. The van der Waals surface area contributed by atoms with Gasteiger partial charge in [0.05, 0.1) is 41.3 Å². The Bertz CT molecular complexity index is 1790. The molecule has 14 heteroatoms. The number of carbonyl (C=O) groups is 5. The maximum atomic E-state index is 14.1. The Morgan fingerprint density at radius 3 is 2.19 bits per heavy atom. The number of aromatic hydroxyl groups is 1. The Balaban J connectivity index is 1.88. The second-order valence-electron chi connectivity index (χ2n) is 13.8. The second kappa shape index (κ2) is 15.4. The number of fused-ring (bicyclic) bond motifs is 14. The van der Waals surface area contributed by atoms with E-state index in [9.17, 15) is 39.3 Å². The van der Waals surface area contributed by atoms with Gasteiger partial charge in [0, 0.05) is 62.8 Å². The maximum absolute atomic E-state index is 14.1. The molecule has 1 aromatic rings. The molecule has 0 radical (unpaired) electrons. The van der Waals surface area contributed by atoms with Gasteiger partial charge in [0.25, 0.3) is 11.7 Å². The summed E-state index contributed by atoms with van der Waals surface area (Å²) in [4.78, 5) is 67.5. The summed E-state index contributed by atoms with van der Waals surface area (Å²) in [7, 11) is 2.79. The molecule has 3 aliphatic heterocycles. The van der Waals surface area contributed by atoms with Crippen molar-refractivity contribution in [3.63, 3.8) is 0 Å². The molecular weight excluding hydrogens is 676 g/mol. The zero-order valence-electron chi connectivity index (χ0n) is 31.0. The fraction of sp³-hybridized carbons (Fsp3) is 0.500. The Kier molecular flexibility index (Phi) is 11.9. The molecule has 0 fully saturated rings. The van der Waals surface area contributed by atoms with Crippen LogP contribution in [0.15, 0.2) is 47.5 Å². The molecule has 3 heterocycles. The summed E-state index contributed by atoms with van der Waals surface area (Å²) < 4.78 is 23.2. The topological polar surface area (TPSA) is 207 Å². The highest BCUT2D eigenvalue weighted by Gasteiger charge is 2.52. The Labute approximate surface area is 302 Å². The van der Waals surface area contributed by atoms with E-state index in [1.807, 2.05) is 0 Å². The molecule has 9 atom stereocenters. The smallest absolute Gasteiger partial charge is 0.312 e. The van der Waals surface area contributed by atoms with Crippen molar-refractivity contribution in [2.24, 2.45) is 23.7 Å². The number of likely N-dealkylation sites (N-methyl/N-ethyl adjacent to an activating group) is 1. The number of phenols is 1. The van der Waals surface area contributed by atoms with Crippen LogP contribution in [0.1, 0.15) is 85.1 Å². The number of methoxy groups -OCH3 is 1. The van der Waals surface area contributed by atoms with Gasteiger partial charge in [-0.25, -0.2) is 0 Å². The standard InChI is InChI=1S/C38H48N2O12/c1-16-12-11-13-17(2)37(48)40-28-27(39-9)32(45)24-25(33(28)46)31(44)21(6)35-26(24)36(47)38(8,52-35)50-15-14-23(49-10)18(3)34(51-22(7)41)20(5)30(43)19(4)29(16)42/h11-16,18-20,23,29-30,34,39,42-44H,1-10H3,(H,40,48)/t16-,18-,19-,20-,23+,29-,30-,34+,38-/m0/s1. The van der Waals surface area contributed by atoms with Gasteiger partial charge in [0.1, 0.15) is 29.0 Å². The minimum Gasteiger partial charge on any atom is -0.507 e. The number of hydrogen-bond donors (Lipinski definition) is 5. The van der Waals surface area contributed by atoms with Crippen molar-refractivity contribution in [2.45, 2.75) is 85.6 Å². The van der Waals surface area contributed by atoms with Crippen molar-refractivity contribution in [2.75, 3.05) is 14.2 Å². The Morgan fingerprint density at radius 1 is 0.942 bits per heavy atom. The first-order valence-electron chi connectivity index (χ1n) is 17.0. The molecule has 5 bridgehead atoms. The molecule has 52 heavy (non-hydrogen) atoms. The number of benzene rings is 1. The number of aliphatic hydroxyl groups is 2. The van der Waals surface area contributed by atoms with Crippen LogP contribution in [0, 0.1) is 30.6 Å². The monoisotopic (exact) mass is 724 g/mol. The minimum absolute atomic E-state index is 0.00410. The third-order valence-corrected chi connectivity index (χ3v) is 10.2.